The Bertz CT molecular complexity index is 705. The van der Waals surface area contributed by atoms with Gasteiger partial charge in [0.2, 0.25) is 5.91 Å². The lowest BCUT2D eigenvalue weighted by Gasteiger charge is -2.02. The first-order valence-corrected chi connectivity index (χ1v) is 6.16. The molecule has 0 aromatic carbocycles. The number of nitrogens with one attached hydrogen (secondary N) is 1. The number of aryl methyl sites for hydroxylation is 1. The number of nitrogens with zero attached hydrogens (tertiary/aromatic N) is 5. The van der Waals surface area contributed by atoms with Gasteiger partial charge in [0.1, 0.15) is 18.9 Å². The van der Waals surface area contributed by atoms with E-state index in [9.17, 15) is 19.7 Å². The van der Waals surface area contributed by atoms with Crippen LogP contribution in [0.4, 0.5) is 11.5 Å². The van der Waals surface area contributed by atoms with Crippen LogP contribution in [0.25, 0.3) is 0 Å². The minimum absolute atomic E-state index is 0.0463. The second-order valence-electron chi connectivity index (χ2n) is 4.31. The summed E-state index contributed by atoms with van der Waals surface area (Å²) in [5, 5.41) is 29.2. The van der Waals surface area contributed by atoms with Crippen LogP contribution in [0, 0.1) is 10.1 Å². The van der Waals surface area contributed by atoms with E-state index in [1.54, 1.807) is 0 Å². The van der Waals surface area contributed by atoms with Gasteiger partial charge in [-0.15, -0.1) is 0 Å². The maximum atomic E-state index is 11.7. The average molecular weight is 308 g/mol. The van der Waals surface area contributed by atoms with Crippen molar-refractivity contribution in [1.82, 2.24) is 19.6 Å². The van der Waals surface area contributed by atoms with Crippen molar-refractivity contribution in [2.24, 2.45) is 0 Å². The van der Waals surface area contributed by atoms with Crippen molar-refractivity contribution in [3.63, 3.8) is 0 Å². The van der Waals surface area contributed by atoms with Crippen molar-refractivity contribution < 1.29 is 19.6 Å². The molecule has 11 heteroatoms. The molecule has 0 unspecified atom stereocenters. The largest absolute Gasteiger partial charge is 0.480 e. The van der Waals surface area contributed by atoms with Crippen LogP contribution in [0.3, 0.4) is 0 Å². The number of aromatic nitrogens is 4. The minimum atomic E-state index is -1.04. The van der Waals surface area contributed by atoms with Crippen LogP contribution in [0.15, 0.2) is 24.7 Å². The molecule has 0 aliphatic carbocycles. The van der Waals surface area contributed by atoms with E-state index >= 15 is 0 Å². The summed E-state index contributed by atoms with van der Waals surface area (Å²) in [6.45, 7) is -0.123. The van der Waals surface area contributed by atoms with Crippen molar-refractivity contribution in [3.05, 3.63) is 34.8 Å². The Balaban J connectivity index is 1.83. The number of hydrogen-bond acceptors (Lipinski definition) is 6. The first-order valence-electron chi connectivity index (χ1n) is 6.16. The number of rotatable bonds is 7. The molecule has 0 aliphatic rings. The number of hydrogen-bond donors (Lipinski definition) is 2. The molecule has 22 heavy (non-hydrogen) atoms. The number of amides is 1. The van der Waals surface area contributed by atoms with Gasteiger partial charge in [-0.3, -0.25) is 29.1 Å². The van der Waals surface area contributed by atoms with Crippen molar-refractivity contribution in [2.45, 2.75) is 19.5 Å². The van der Waals surface area contributed by atoms with Crippen LogP contribution in [-0.2, 0) is 22.7 Å². The third-order valence-corrected chi connectivity index (χ3v) is 2.60. The maximum absolute atomic E-state index is 11.7. The topological polar surface area (TPSA) is 145 Å². The van der Waals surface area contributed by atoms with E-state index in [4.69, 9.17) is 5.11 Å². The van der Waals surface area contributed by atoms with Crippen LogP contribution in [0.5, 0.6) is 0 Å². The molecule has 0 fully saturated rings. The monoisotopic (exact) mass is 308 g/mol. The highest BCUT2D eigenvalue weighted by molar-refractivity contribution is 5.89. The number of carboxylic acids is 1. The fraction of sp³-hybridized carbons (Fsp3) is 0.273. The van der Waals surface area contributed by atoms with Gasteiger partial charge in [0, 0.05) is 25.2 Å². The number of carbonyl (C=O) groups excluding carboxylic acids is 1. The fourth-order valence-corrected chi connectivity index (χ4v) is 1.65. The molecule has 0 radical (unpaired) electrons. The lowest BCUT2D eigenvalue weighted by molar-refractivity contribution is -0.385. The molecule has 2 aromatic rings. The van der Waals surface area contributed by atoms with Crippen molar-refractivity contribution in [1.29, 1.82) is 0 Å². The number of carbonyl (C=O) groups is 2. The highest BCUT2D eigenvalue weighted by atomic mass is 16.6. The molecule has 116 valence electrons. The Kier molecular flexibility index (Phi) is 4.46. The summed E-state index contributed by atoms with van der Waals surface area (Å²) in [4.78, 5) is 32.1. The molecule has 2 aromatic heterocycles. The Labute approximate surface area is 123 Å². The third-order valence-electron chi connectivity index (χ3n) is 2.60. The molecule has 0 aliphatic heterocycles. The quantitative estimate of drug-likeness (QED) is 0.545. The van der Waals surface area contributed by atoms with Gasteiger partial charge in [-0.05, 0) is 0 Å². The van der Waals surface area contributed by atoms with Crippen LogP contribution in [0.1, 0.15) is 6.42 Å². The van der Waals surface area contributed by atoms with E-state index in [-0.39, 0.29) is 36.9 Å². The lowest BCUT2D eigenvalue weighted by Crippen LogP contribution is -2.16. The van der Waals surface area contributed by atoms with Gasteiger partial charge in [-0.1, -0.05) is 0 Å². The molecular formula is C11H12N6O5. The van der Waals surface area contributed by atoms with Gasteiger partial charge >= 0.3 is 11.7 Å². The molecule has 2 N–H and O–H groups in total. The van der Waals surface area contributed by atoms with E-state index in [0.29, 0.717) is 0 Å². The van der Waals surface area contributed by atoms with Crippen molar-refractivity contribution >= 4 is 23.4 Å². The smallest absolute Gasteiger partial charge is 0.325 e. The van der Waals surface area contributed by atoms with Gasteiger partial charge in [0.15, 0.2) is 5.82 Å². The number of anilines is 1. The van der Waals surface area contributed by atoms with E-state index in [0.717, 1.165) is 6.20 Å². The van der Waals surface area contributed by atoms with E-state index in [2.05, 4.69) is 15.5 Å². The van der Waals surface area contributed by atoms with Gasteiger partial charge in [0.05, 0.1) is 4.92 Å². The molecular weight excluding hydrogens is 296 g/mol. The molecule has 2 rings (SSSR count). The van der Waals surface area contributed by atoms with Crippen LogP contribution < -0.4 is 5.32 Å². The van der Waals surface area contributed by atoms with Crippen molar-refractivity contribution in [3.8, 4) is 0 Å². The second kappa shape index (κ2) is 6.47. The summed E-state index contributed by atoms with van der Waals surface area (Å²) in [6.07, 6.45) is 3.81. The summed E-state index contributed by atoms with van der Waals surface area (Å²) >= 11 is 0. The van der Waals surface area contributed by atoms with E-state index in [1.165, 1.54) is 27.8 Å². The zero-order chi connectivity index (χ0) is 16.1. The summed E-state index contributed by atoms with van der Waals surface area (Å²) in [7, 11) is 0. The molecule has 0 spiro atoms. The van der Waals surface area contributed by atoms with Gasteiger partial charge in [-0.2, -0.15) is 10.2 Å². The fourth-order valence-electron chi connectivity index (χ4n) is 1.65. The maximum Gasteiger partial charge on any atom is 0.325 e. The Morgan fingerprint density at radius 3 is 2.82 bits per heavy atom. The standard InChI is InChI=1S/C11H12N6O5/c18-10(2-4-15-6-8(5-12-15)17(21)22)13-9-1-3-16(14-9)7-11(19)20/h1,3,5-6H,2,4,7H2,(H,19,20)(H,13,14,18). The van der Waals surface area contributed by atoms with Gasteiger partial charge in [0.25, 0.3) is 0 Å². The van der Waals surface area contributed by atoms with Crippen LogP contribution >= 0.6 is 0 Å². The number of carboxylic acid groups (broad SMARTS) is 1. The molecule has 0 atom stereocenters. The summed E-state index contributed by atoms with van der Waals surface area (Å²) in [5.74, 6) is -1.17. The molecule has 0 saturated heterocycles. The van der Waals surface area contributed by atoms with Gasteiger partial charge < -0.3 is 10.4 Å². The summed E-state index contributed by atoms with van der Waals surface area (Å²) in [6, 6.07) is 1.47. The number of nitro groups is 1. The minimum Gasteiger partial charge on any atom is -0.480 e. The second-order valence-corrected chi connectivity index (χ2v) is 4.31. The van der Waals surface area contributed by atoms with Crippen molar-refractivity contribution in [2.75, 3.05) is 5.32 Å². The van der Waals surface area contributed by atoms with Gasteiger partial charge in [-0.25, -0.2) is 0 Å². The molecule has 0 saturated carbocycles. The summed E-state index contributed by atoms with van der Waals surface area (Å²) < 4.78 is 2.47. The SMILES string of the molecule is O=C(O)Cn1ccc(NC(=O)CCn2cc([N+](=O)[O-])cn2)n1. The molecule has 1 amide bonds. The predicted octanol–water partition coefficient (Wildman–Crippen LogP) is 0.101. The normalized spacial score (nSPS) is 10.4. The summed E-state index contributed by atoms with van der Waals surface area (Å²) in [5.41, 5.74) is -0.146. The average Bonchev–Trinajstić information content (AvgIpc) is 3.05. The Hall–Kier alpha value is -3.24. The van der Waals surface area contributed by atoms with Crippen LogP contribution in [-0.4, -0.2) is 41.5 Å². The molecule has 2 heterocycles. The zero-order valence-electron chi connectivity index (χ0n) is 11.2. The highest BCUT2D eigenvalue weighted by Gasteiger charge is 2.11. The zero-order valence-corrected chi connectivity index (χ0v) is 11.2. The first kappa shape index (κ1) is 15.2. The Morgan fingerprint density at radius 2 is 2.18 bits per heavy atom. The number of aliphatic carboxylic acids is 1. The lowest BCUT2D eigenvalue weighted by atomic mass is 10.4. The van der Waals surface area contributed by atoms with E-state index in [1.807, 2.05) is 0 Å². The third kappa shape index (κ3) is 4.13. The van der Waals surface area contributed by atoms with E-state index < -0.39 is 10.9 Å². The highest BCUT2D eigenvalue weighted by Crippen LogP contribution is 2.08. The molecule has 0 bridgehead atoms. The molecule has 11 nitrogen and oxygen atoms in total. The predicted molar refractivity (Wildman–Crippen MR) is 72.0 cm³/mol. The Morgan fingerprint density at radius 1 is 1.41 bits per heavy atom. The van der Waals surface area contributed by atoms with Crippen LogP contribution in [0.2, 0.25) is 0 Å². The first-order chi connectivity index (χ1) is 10.4.